The quantitative estimate of drug-likeness (QED) is 0.561. The van der Waals surface area contributed by atoms with Gasteiger partial charge in [0.1, 0.15) is 24.4 Å². The van der Waals surface area contributed by atoms with Gasteiger partial charge in [0, 0.05) is 5.56 Å². The van der Waals surface area contributed by atoms with Crippen LogP contribution in [0.1, 0.15) is 5.56 Å². The first kappa shape index (κ1) is 15.7. The lowest BCUT2D eigenvalue weighted by molar-refractivity contribution is -0.308. The van der Waals surface area contributed by atoms with E-state index in [0.29, 0.717) is 5.56 Å². The number of alkyl halides is 1. The van der Waals surface area contributed by atoms with Crippen molar-refractivity contribution in [2.75, 3.05) is 13.2 Å². The summed E-state index contributed by atoms with van der Waals surface area (Å²) in [6, 6.07) is 8.63. The van der Waals surface area contributed by atoms with Crippen LogP contribution < -0.4 is 0 Å². The van der Waals surface area contributed by atoms with Gasteiger partial charge in [-0.15, -0.1) is 0 Å². The molecule has 0 radical (unpaired) electrons. The second-order valence-corrected chi connectivity index (χ2v) is 5.10. The first-order chi connectivity index (χ1) is 9.48. The maximum atomic E-state index is 9.88. The van der Waals surface area contributed by atoms with Crippen molar-refractivity contribution in [2.24, 2.45) is 0 Å². The average Bonchev–Trinajstić information content (AvgIpc) is 2.49. The summed E-state index contributed by atoms with van der Waals surface area (Å²) in [4.78, 5) is 0. The third kappa shape index (κ3) is 3.12. The van der Waals surface area contributed by atoms with Crippen LogP contribution in [-0.2, 0) is 14.7 Å². The van der Waals surface area contributed by atoms with Crippen LogP contribution in [-0.4, -0.2) is 58.1 Å². The van der Waals surface area contributed by atoms with Crippen LogP contribution in [0.25, 0.3) is 0 Å². The molecule has 112 valence electrons. The summed E-state index contributed by atoms with van der Waals surface area (Å²) in [5.74, 6) is 0. The van der Waals surface area contributed by atoms with Crippen LogP contribution in [0.15, 0.2) is 30.3 Å². The van der Waals surface area contributed by atoms with Gasteiger partial charge >= 0.3 is 0 Å². The molecule has 1 aromatic rings. The predicted molar refractivity (Wildman–Crippen MR) is 69.9 cm³/mol. The minimum atomic E-state index is -1.65. The highest BCUT2D eigenvalue weighted by atomic mass is 35.5. The summed E-state index contributed by atoms with van der Waals surface area (Å²) in [6.45, 7) is -0.826. The Balaban J connectivity index is 2.19. The normalized spacial score (nSPS) is 33.6. The first-order valence-corrected chi connectivity index (χ1v) is 6.57. The largest absolute Gasteiger partial charge is 0.394 e. The molecule has 20 heavy (non-hydrogen) atoms. The molecule has 1 aliphatic heterocycles. The Bertz CT molecular complexity index is 430. The van der Waals surface area contributed by atoms with E-state index in [4.69, 9.17) is 26.2 Å². The zero-order valence-corrected chi connectivity index (χ0v) is 11.3. The molecule has 6 nitrogen and oxygen atoms in total. The number of rotatable bonds is 4. The van der Waals surface area contributed by atoms with E-state index in [1.165, 1.54) is 0 Å². The molecule has 0 bridgehead atoms. The van der Waals surface area contributed by atoms with Crippen LogP contribution >= 0.6 is 11.6 Å². The van der Waals surface area contributed by atoms with E-state index in [2.05, 4.69) is 0 Å². The summed E-state index contributed by atoms with van der Waals surface area (Å²) in [5.41, 5.74) is 0.504. The van der Waals surface area contributed by atoms with Crippen molar-refractivity contribution in [1.29, 1.82) is 0 Å². The second-order valence-electron chi connectivity index (χ2n) is 4.60. The molecular formula is C13H17ClO6. The smallest absolute Gasteiger partial charge is 0.276 e. The SMILES string of the molecule is OC[C@@H](O)[C@@H](O)[C@@H]1OC(Cl)(c2ccccc2)OC[C@@H]1O. The van der Waals surface area contributed by atoms with Gasteiger partial charge in [0.05, 0.1) is 13.2 Å². The fourth-order valence-corrected chi connectivity index (χ4v) is 2.28. The lowest BCUT2D eigenvalue weighted by Gasteiger charge is -2.41. The van der Waals surface area contributed by atoms with Crippen molar-refractivity contribution in [3.63, 3.8) is 0 Å². The molecule has 1 heterocycles. The molecule has 1 fully saturated rings. The molecule has 0 spiro atoms. The third-order valence-electron chi connectivity index (χ3n) is 3.14. The van der Waals surface area contributed by atoms with Gasteiger partial charge in [-0.25, -0.2) is 0 Å². The topological polar surface area (TPSA) is 99.4 Å². The van der Waals surface area contributed by atoms with Crippen molar-refractivity contribution in [3.8, 4) is 0 Å². The highest BCUT2D eigenvalue weighted by molar-refractivity contribution is 6.22. The minimum absolute atomic E-state index is 0.168. The molecule has 0 saturated carbocycles. The monoisotopic (exact) mass is 304 g/mol. The Morgan fingerprint density at radius 3 is 2.55 bits per heavy atom. The van der Waals surface area contributed by atoms with Gasteiger partial charge in [-0.3, -0.25) is 0 Å². The molecule has 5 atom stereocenters. The lowest BCUT2D eigenvalue weighted by Crippen LogP contribution is -2.56. The summed E-state index contributed by atoms with van der Waals surface area (Å²) in [6.07, 6.45) is -5.27. The predicted octanol–water partition coefficient (Wildman–Crippen LogP) is -0.474. The Labute approximate surface area is 121 Å². The Hall–Kier alpha value is -0.730. The van der Waals surface area contributed by atoms with Gasteiger partial charge in [-0.2, -0.15) is 0 Å². The highest BCUT2D eigenvalue weighted by Gasteiger charge is 2.46. The zero-order valence-electron chi connectivity index (χ0n) is 10.6. The number of benzene rings is 1. The van der Waals surface area contributed by atoms with Crippen LogP contribution in [0.3, 0.4) is 0 Å². The molecule has 0 aliphatic carbocycles. The van der Waals surface area contributed by atoms with E-state index >= 15 is 0 Å². The molecule has 0 aromatic heterocycles. The number of aliphatic hydroxyl groups is 4. The van der Waals surface area contributed by atoms with E-state index in [0.717, 1.165) is 0 Å². The summed E-state index contributed by atoms with van der Waals surface area (Å²) in [5, 5.41) is 36.4. The number of aliphatic hydroxyl groups excluding tert-OH is 4. The van der Waals surface area contributed by atoms with Gasteiger partial charge in [-0.1, -0.05) is 41.9 Å². The molecule has 1 unspecified atom stereocenters. The zero-order chi connectivity index (χ0) is 14.8. The fourth-order valence-electron chi connectivity index (χ4n) is 1.99. The fraction of sp³-hybridized carbons (Fsp3) is 0.538. The Morgan fingerprint density at radius 1 is 1.30 bits per heavy atom. The van der Waals surface area contributed by atoms with Gasteiger partial charge in [0.15, 0.2) is 0 Å². The summed E-state index contributed by atoms with van der Waals surface area (Å²) >= 11 is 6.24. The summed E-state index contributed by atoms with van der Waals surface area (Å²) in [7, 11) is 0. The standard InChI is InChI=1S/C13H17ClO6/c14-13(8-4-2-1-3-5-8)19-7-10(17)12(20-13)11(18)9(16)6-15/h1-5,9-12,15-18H,6-7H2/t9-,10+,11-,12-,13?/m1/s1. The molecule has 1 aromatic carbocycles. The number of halogens is 1. The molecule has 1 aliphatic rings. The van der Waals surface area contributed by atoms with Gasteiger partial charge in [0.2, 0.25) is 0 Å². The van der Waals surface area contributed by atoms with Crippen molar-refractivity contribution in [1.82, 2.24) is 0 Å². The van der Waals surface area contributed by atoms with Crippen molar-refractivity contribution >= 4 is 11.6 Å². The first-order valence-electron chi connectivity index (χ1n) is 6.19. The van der Waals surface area contributed by atoms with Crippen LogP contribution in [0.4, 0.5) is 0 Å². The van der Waals surface area contributed by atoms with Crippen LogP contribution in [0.5, 0.6) is 0 Å². The highest BCUT2D eigenvalue weighted by Crippen LogP contribution is 2.38. The molecule has 7 heteroatoms. The van der Waals surface area contributed by atoms with E-state index in [-0.39, 0.29) is 6.61 Å². The van der Waals surface area contributed by atoms with Gasteiger partial charge in [-0.05, 0) is 0 Å². The average molecular weight is 305 g/mol. The van der Waals surface area contributed by atoms with Crippen molar-refractivity contribution in [2.45, 2.75) is 29.7 Å². The van der Waals surface area contributed by atoms with Crippen molar-refractivity contribution in [3.05, 3.63) is 35.9 Å². The third-order valence-corrected chi connectivity index (χ3v) is 3.56. The Morgan fingerprint density at radius 2 is 1.95 bits per heavy atom. The molecule has 0 amide bonds. The molecule has 2 rings (SSSR count). The summed E-state index contributed by atoms with van der Waals surface area (Å²) < 4.78 is 10.7. The van der Waals surface area contributed by atoms with Gasteiger partial charge < -0.3 is 29.9 Å². The van der Waals surface area contributed by atoms with E-state index in [9.17, 15) is 15.3 Å². The van der Waals surface area contributed by atoms with Crippen LogP contribution in [0, 0.1) is 0 Å². The van der Waals surface area contributed by atoms with Crippen LogP contribution in [0.2, 0.25) is 0 Å². The van der Waals surface area contributed by atoms with E-state index < -0.39 is 36.3 Å². The maximum absolute atomic E-state index is 9.88. The van der Waals surface area contributed by atoms with Gasteiger partial charge in [0.25, 0.3) is 5.25 Å². The molecule has 4 N–H and O–H groups in total. The Kier molecular flexibility index (Phi) is 4.98. The second kappa shape index (κ2) is 6.36. The molecule has 1 saturated heterocycles. The number of ether oxygens (including phenoxy) is 2. The maximum Gasteiger partial charge on any atom is 0.276 e. The number of hydrogen-bond donors (Lipinski definition) is 4. The lowest BCUT2D eigenvalue weighted by atomic mass is 10.0. The minimum Gasteiger partial charge on any atom is -0.394 e. The number of hydrogen-bond acceptors (Lipinski definition) is 6. The van der Waals surface area contributed by atoms with E-state index in [1.807, 2.05) is 0 Å². The molecular weight excluding hydrogens is 288 g/mol. The van der Waals surface area contributed by atoms with E-state index in [1.54, 1.807) is 30.3 Å². The van der Waals surface area contributed by atoms with Crippen molar-refractivity contribution < 1.29 is 29.9 Å².